The average Bonchev–Trinajstić information content (AvgIpc) is 3.25. The highest BCUT2D eigenvalue weighted by Crippen LogP contribution is 2.42. The van der Waals surface area contributed by atoms with Crippen molar-refractivity contribution in [3.63, 3.8) is 0 Å². The summed E-state index contributed by atoms with van der Waals surface area (Å²) in [6.45, 7) is 4.59. The number of rotatable bonds is 5. The number of amidine groups is 1. The van der Waals surface area contributed by atoms with E-state index in [9.17, 15) is 13.2 Å². The van der Waals surface area contributed by atoms with Gasteiger partial charge in [0.2, 0.25) is 5.13 Å². The second kappa shape index (κ2) is 7.45. The van der Waals surface area contributed by atoms with E-state index in [4.69, 9.17) is 0 Å². The second-order valence-corrected chi connectivity index (χ2v) is 10.3. The fourth-order valence-corrected chi connectivity index (χ4v) is 6.43. The predicted molar refractivity (Wildman–Crippen MR) is 112 cm³/mol. The Labute approximate surface area is 171 Å². The van der Waals surface area contributed by atoms with E-state index in [0.717, 1.165) is 28.4 Å². The number of nitrogens with one attached hydrogen (secondary N) is 1. The van der Waals surface area contributed by atoms with E-state index >= 15 is 0 Å². The topological polar surface area (TPSA) is 105 Å². The minimum absolute atomic E-state index is 0.00533. The number of nitrogens with zero attached hydrogens (tertiary/aromatic N) is 4. The number of amides is 1. The van der Waals surface area contributed by atoms with E-state index in [1.165, 1.54) is 23.1 Å². The van der Waals surface area contributed by atoms with Gasteiger partial charge in [-0.25, -0.2) is 8.42 Å². The minimum Gasteiger partial charge on any atom is -0.318 e. The quantitative estimate of drug-likeness (QED) is 0.765. The summed E-state index contributed by atoms with van der Waals surface area (Å²) >= 11 is 2.67. The molecule has 1 aromatic carbocycles. The normalized spacial score (nSPS) is 17.2. The maximum Gasteiger partial charge on any atom is 0.257 e. The van der Waals surface area contributed by atoms with Crippen molar-refractivity contribution in [2.75, 3.05) is 22.5 Å². The van der Waals surface area contributed by atoms with Crippen LogP contribution in [0.3, 0.4) is 0 Å². The predicted octanol–water partition coefficient (Wildman–Crippen LogP) is 3.31. The third kappa shape index (κ3) is 3.65. The monoisotopic (exact) mass is 437 g/mol. The number of sulfonamides is 1. The Morgan fingerprint density at radius 1 is 1.29 bits per heavy atom. The Balaban J connectivity index is 1.52. The molecule has 8 nitrogen and oxygen atoms in total. The molecule has 0 radical (unpaired) electrons. The number of hydrogen-bond donors (Lipinski definition) is 1. The molecule has 2 aliphatic rings. The molecule has 2 aromatic rings. The maximum absolute atomic E-state index is 12.6. The summed E-state index contributed by atoms with van der Waals surface area (Å²) in [4.78, 5) is 15.3. The lowest BCUT2D eigenvalue weighted by molar-refractivity contribution is 0.102. The number of carbonyl (C=O) groups excluding carboxylic acids is 1. The number of hydrogen-bond acceptors (Lipinski definition) is 8. The van der Waals surface area contributed by atoms with E-state index in [-0.39, 0.29) is 11.7 Å². The van der Waals surface area contributed by atoms with Crippen LogP contribution in [0.15, 0.2) is 27.5 Å². The van der Waals surface area contributed by atoms with Gasteiger partial charge in [0, 0.05) is 22.9 Å². The van der Waals surface area contributed by atoms with Gasteiger partial charge in [-0.05, 0) is 42.8 Å². The Morgan fingerprint density at radius 3 is 2.82 bits per heavy atom. The van der Waals surface area contributed by atoms with Crippen molar-refractivity contribution in [2.45, 2.75) is 37.5 Å². The van der Waals surface area contributed by atoms with Gasteiger partial charge in [-0.2, -0.15) is 0 Å². The van der Waals surface area contributed by atoms with Gasteiger partial charge >= 0.3 is 0 Å². The van der Waals surface area contributed by atoms with Crippen molar-refractivity contribution in [1.29, 1.82) is 0 Å². The highest BCUT2D eigenvalue weighted by atomic mass is 32.2. The fraction of sp³-hybridized carbons (Fsp3) is 0.412. The highest BCUT2D eigenvalue weighted by molar-refractivity contribution is 8.15. The van der Waals surface area contributed by atoms with Crippen molar-refractivity contribution >= 4 is 55.0 Å². The zero-order valence-electron chi connectivity index (χ0n) is 15.4. The van der Waals surface area contributed by atoms with Crippen LogP contribution < -0.4 is 10.2 Å². The van der Waals surface area contributed by atoms with Gasteiger partial charge in [-0.15, -0.1) is 14.6 Å². The molecule has 0 spiro atoms. The second-order valence-electron chi connectivity index (χ2n) is 6.51. The lowest BCUT2D eigenvalue weighted by atomic mass is 10.1. The summed E-state index contributed by atoms with van der Waals surface area (Å²) in [5, 5.41) is 12.9. The Kier molecular flexibility index (Phi) is 5.15. The maximum atomic E-state index is 12.6. The SMILES string of the molecule is CCC(CC)c1nnc(NC(=O)c2ccc3c(c2)SC2=NS(=O)(=O)CCN23)s1. The first-order chi connectivity index (χ1) is 13.4. The Bertz CT molecular complexity index is 1060. The zero-order chi connectivity index (χ0) is 19.9. The smallest absolute Gasteiger partial charge is 0.257 e. The number of thioether (sulfide) groups is 1. The van der Waals surface area contributed by atoms with Gasteiger partial charge in [0.05, 0.1) is 11.4 Å². The van der Waals surface area contributed by atoms with Crippen LogP contribution >= 0.6 is 23.1 Å². The molecule has 0 fully saturated rings. The van der Waals surface area contributed by atoms with Crippen LogP contribution in [0.5, 0.6) is 0 Å². The van der Waals surface area contributed by atoms with Gasteiger partial charge in [0.15, 0.2) is 5.17 Å². The number of carbonyl (C=O) groups is 1. The molecule has 148 valence electrons. The first kappa shape index (κ1) is 19.3. The first-order valence-corrected chi connectivity index (χ1v) is 12.2. The standard InChI is InChI=1S/C17H19N5O3S3/c1-3-10(4-2)15-19-20-16(27-15)18-14(23)11-5-6-12-13(9-11)26-17-21-28(24,25)8-7-22(12)17/h5-6,9-10H,3-4,7-8H2,1-2H3,(H,18,20,23). The lowest BCUT2D eigenvalue weighted by Gasteiger charge is -2.22. The Morgan fingerprint density at radius 2 is 2.07 bits per heavy atom. The molecular formula is C17H19N5O3S3. The van der Waals surface area contributed by atoms with Gasteiger partial charge in [-0.3, -0.25) is 10.1 Å². The van der Waals surface area contributed by atoms with E-state index in [0.29, 0.717) is 28.3 Å². The summed E-state index contributed by atoms with van der Waals surface area (Å²) in [5.41, 5.74) is 1.36. The van der Waals surface area contributed by atoms with E-state index in [1.807, 2.05) is 11.0 Å². The Hall–Kier alpha value is -1.98. The summed E-state index contributed by atoms with van der Waals surface area (Å²) < 4.78 is 27.3. The number of fused-ring (bicyclic) bond motifs is 3. The van der Waals surface area contributed by atoms with Crippen LogP contribution in [0.2, 0.25) is 0 Å². The zero-order valence-corrected chi connectivity index (χ0v) is 17.8. The van der Waals surface area contributed by atoms with Crippen LogP contribution in [0, 0.1) is 0 Å². The molecule has 1 amide bonds. The van der Waals surface area contributed by atoms with Gasteiger partial charge in [0.1, 0.15) is 5.01 Å². The summed E-state index contributed by atoms with van der Waals surface area (Å²) in [6.07, 6.45) is 1.97. The molecule has 0 aliphatic carbocycles. The molecule has 11 heteroatoms. The third-order valence-corrected chi connectivity index (χ3v) is 8.04. The summed E-state index contributed by atoms with van der Waals surface area (Å²) in [6, 6.07) is 5.31. The number of aromatic nitrogens is 2. The van der Waals surface area contributed by atoms with Crippen molar-refractivity contribution < 1.29 is 13.2 Å². The summed E-state index contributed by atoms with van der Waals surface area (Å²) in [5.74, 6) is 0.0818. The molecule has 0 bridgehead atoms. The molecule has 4 rings (SSSR count). The molecule has 0 saturated carbocycles. The van der Waals surface area contributed by atoms with Gasteiger partial charge in [-0.1, -0.05) is 25.2 Å². The van der Waals surface area contributed by atoms with Crippen LogP contribution in [-0.4, -0.2) is 42.0 Å². The van der Waals surface area contributed by atoms with E-state index in [1.54, 1.807) is 12.1 Å². The minimum atomic E-state index is -3.40. The molecule has 3 heterocycles. The van der Waals surface area contributed by atoms with Crippen LogP contribution in [-0.2, 0) is 10.0 Å². The lowest BCUT2D eigenvalue weighted by Crippen LogP contribution is -2.35. The molecule has 1 N–H and O–H groups in total. The van der Waals surface area contributed by atoms with Crippen LogP contribution in [0.4, 0.5) is 10.8 Å². The molecule has 0 saturated heterocycles. The molecule has 0 atom stereocenters. The third-order valence-electron chi connectivity index (χ3n) is 4.73. The molecule has 1 aromatic heterocycles. The van der Waals surface area contributed by atoms with Crippen molar-refractivity contribution in [3.8, 4) is 0 Å². The van der Waals surface area contributed by atoms with Crippen LogP contribution in [0.1, 0.15) is 48.0 Å². The summed E-state index contributed by atoms with van der Waals surface area (Å²) in [7, 11) is -3.40. The van der Waals surface area contributed by atoms with Gasteiger partial charge < -0.3 is 4.90 Å². The molecule has 0 unspecified atom stereocenters. The first-order valence-electron chi connectivity index (χ1n) is 8.97. The highest BCUT2D eigenvalue weighted by Gasteiger charge is 2.33. The van der Waals surface area contributed by atoms with Crippen molar-refractivity contribution in [3.05, 3.63) is 28.8 Å². The number of anilines is 2. The van der Waals surface area contributed by atoms with Crippen molar-refractivity contribution in [2.24, 2.45) is 4.40 Å². The largest absolute Gasteiger partial charge is 0.318 e. The average molecular weight is 438 g/mol. The number of benzene rings is 1. The van der Waals surface area contributed by atoms with Crippen LogP contribution in [0.25, 0.3) is 0 Å². The van der Waals surface area contributed by atoms with Gasteiger partial charge in [0.25, 0.3) is 15.9 Å². The molecule has 28 heavy (non-hydrogen) atoms. The molecular weight excluding hydrogens is 418 g/mol. The molecule has 2 aliphatic heterocycles. The fourth-order valence-electron chi connectivity index (χ4n) is 3.13. The van der Waals surface area contributed by atoms with E-state index in [2.05, 4.69) is 33.8 Å². The van der Waals surface area contributed by atoms with E-state index < -0.39 is 10.0 Å². The van der Waals surface area contributed by atoms with Crippen molar-refractivity contribution in [1.82, 2.24) is 10.2 Å².